The number of benzene rings is 1. The SMILES string of the molecule is Cc1c(-c2cc(Br)cc(S(C)(=O)=O)c2)cnn1C. The lowest BCUT2D eigenvalue weighted by Crippen LogP contribution is -1.98. The van der Waals surface area contributed by atoms with Gasteiger partial charge in [-0.15, -0.1) is 0 Å². The van der Waals surface area contributed by atoms with Gasteiger partial charge in [-0.3, -0.25) is 4.68 Å². The highest BCUT2D eigenvalue weighted by Gasteiger charge is 2.13. The smallest absolute Gasteiger partial charge is 0.175 e. The molecule has 2 aromatic rings. The first-order valence-corrected chi connectivity index (χ1v) is 7.97. The van der Waals surface area contributed by atoms with Gasteiger partial charge >= 0.3 is 0 Å². The largest absolute Gasteiger partial charge is 0.272 e. The van der Waals surface area contributed by atoms with Gasteiger partial charge in [0.25, 0.3) is 0 Å². The van der Waals surface area contributed by atoms with E-state index in [0.29, 0.717) is 4.90 Å². The van der Waals surface area contributed by atoms with Crippen LogP contribution in [-0.4, -0.2) is 24.5 Å². The molecule has 96 valence electrons. The number of sulfone groups is 1. The molecular weight excluding hydrogens is 316 g/mol. The Kier molecular flexibility index (Phi) is 3.33. The van der Waals surface area contributed by atoms with Gasteiger partial charge in [-0.25, -0.2) is 8.42 Å². The lowest BCUT2D eigenvalue weighted by molar-refractivity contribution is 0.602. The summed E-state index contributed by atoms with van der Waals surface area (Å²) in [7, 11) is -1.36. The van der Waals surface area contributed by atoms with Crippen molar-refractivity contribution in [2.75, 3.05) is 6.26 Å². The van der Waals surface area contributed by atoms with Gasteiger partial charge in [-0.05, 0) is 30.7 Å². The first kappa shape index (κ1) is 13.3. The van der Waals surface area contributed by atoms with E-state index in [-0.39, 0.29) is 0 Å². The van der Waals surface area contributed by atoms with Crippen molar-refractivity contribution in [2.24, 2.45) is 7.05 Å². The van der Waals surface area contributed by atoms with E-state index in [0.717, 1.165) is 21.3 Å². The van der Waals surface area contributed by atoms with Crippen LogP contribution in [-0.2, 0) is 16.9 Å². The molecule has 0 fully saturated rings. The molecule has 1 heterocycles. The molecular formula is C12H13BrN2O2S. The Morgan fingerprint density at radius 3 is 2.44 bits per heavy atom. The van der Waals surface area contributed by atoms with Crippen LogP contribution in [0.3, 0.4) is 0 Å². The molecule has 2 rings (SSSR count). The molecule has 4 nitrogen and oxygen atoms in total. The van der Waals surface area contributed by atoms with Gasteiger partial charge in [-0.2, -0.15) is 5.10 Å². The Hall–Kier alpha value is -1.14. The van der Waals surface area contributed by atoms with Crippen LogP contribution in [0.15, 0.2) is 33.8 Å². The second-order valence-electron chi connectivity index (χ2n) is 4.22. The molecule has 18 heavy (non-hydrogen) atoms. The zero-order valence-electron chi connectivity index (χ0n) is 10.3. The van der Waals surface area contributed by atoms with Crippen LogP contribution in [0.2, 0.25) is 0 Å². The van der Waals surface area contributed by atoms with Crippen molar-refractivity contribution in [3.63, 3.8) is 0 Å². The van der Waals surface area contributed by atoms with Crippen molar-refractivity contribution < 1.29 is 8.42 Å². The lowest BCUT2D eigenvalue weighted by Gasteiger charge is -2.05. The average Bonchev–Trinajstić information content (AvgIpc) is 2.58. The van der Waals surface area contributed by atoms with Crippen molar-refractivity contribution in [3.8, 4) is 11.1 Å². The maximum Gasteiger partial charge on any atom is 0.175 e. The molecule has 0 saturated heterocycles. The van der Waals surface area contributed by atoms with Crippen molar-refractivity contribution in [2.45, 2.75) is 11.8 Å². The quantitative estimate of drug-likeness (QED) is 0.851. The van der Waals surface area contributed by atoms with E-state index in [1.807, 2.05) is 20.0 Å². The van der Waals surface area contributed by atoms with E-state index in [1.54, 1.807) is 23.0 Å². The van der Waals surface area contributed by atoms with Crippen molar-refractivity contribution in [3.05, 3.63) is 34.6 Å². The second kappa shape index (κ2) is 4.51. The molecule has 1 aromatic carbocycles. The van der Waals surface area contributed by atoms with Gasteiger partial charge in [0.15, 0.2) is 9.84 Å². The predicted octanol–water partition coefficient (Wildman–Crippen LogP) is 2.56. The molecule has 0 radical (unpaired) electrons. The Bertz CT molecular complexity index is 705. The molecule has 0 spiro atoms. The fourth-order valence-corrected chi connectivity index (χ4v) is 3.04. The van der Waals surface area contributed by atoms with Gasteiger partial charge in [0, 0.05) is 29.0 Å². The minimum Gasteiger partial charge on any atom is -0.272 e. The number of aryl methyl sites for hydroxylation is 1. The molecule has 0 N–H and O–H groups in total. The molecule has 1 aromatic heterocycles. The van der Waals surface area contributed by atoms with E-state index in [4.69, 9.17) is 0 Å². The molecule has 0 aliphatic carbocycles. The van der Waals surface area contributed by atoms with Gasteiger partial charge < -0.3 is 0 Å². The number of nitrogens with zero attached hydrogens (tertiary/aromatic N) is 2. The Morgan fingerprint density at radius 1 is 1.28 bits per heavy atom. The topological polar surface area (TPSA) is 52.0 Å². The van der Waals surface area contributed by atoms with E-state index in [9.17, 15) is 8.42 Å². The van der Waals surface area contributed by atoms with E-state index < -0.39 is 9.84 Å². The molecule has 0 saturated carbocycles. The zero-order valence-corrected chi connectivity index (χ0v) is 12.7. The first-order valence-electron chi connectivity index (χ1n) is 5.28. The summed E-state index contributed by atoms with van der Waals surface area (Å²) in [6, 6.07) is 5.16. The molecule has 0 bridgehead atoms. The summed E-state index contributed by atoms with van der Waals surface area (Å²) in [4.78, 5) is 0.301. The predicted molar refractivity (Wildman–Crippen MR) is 74.2 cm³/mol. The fourth-order valence-electron chi connectivity index (χ4n) is 1.71. The van der Waals surface area contributed by atoms with Crippen LogP contribution in [0.1, 0.15) is 5.69 Å². The highest BCUT2D eigenvalue weighted by atomic mass is 79.9. The minimum absolute atomic E-state index is 0.301. The monoisotopic (exact) mass is 328 g/mol. The minimum atomic E-state index is -3.22. The summed E-state index contributed by atoms with van der Waals surface area (Å²) < 4.78 is 25.7. The molecule has 0 aliphatic rings. The van der Waals surface area contributed by atoms with Crippen LogP contribution in [0, 0.1) is 6.92 Å². The number of halogens is 1. The molecule has 0 unspecified atom stereocenters. The van der Waals surface area contributed by atoms with Gasteiger partial charge in [0.2, 0.25) is 0 Å². The number of hydrogen-bond donors (Lipinski definition) is 0. The van der Waals surface area contributed by atoms with Crippen LogP contribution in [0.25, 0.3) is 11.1 Å². The third kappa shape index (κ3) is 2.49. The van der Waals surface area contributed by atoms with E-state index in [2.05, 4.69) is 21.0 Å². The summed E-state index contributed by atoms with van der Waals surface area (Å²) in [6.07, 6.45) is 2.94. The van der Waals surface area contributed by atoms with Gasteiger partial charge in [0.05, 0.1) is 11.1 Å². The number of aromatic nitrogens is 2. The zero-order chi connectivity index (χ0) is 13.5. The third-order valence-corrected chi connectivity index (χ3v) is 4.40. The highest BCUT2D eigenvalue weighted by Crippen LogP contribution is 2.28. The Labute approximate surface area is 115 Å². The van der Waals surface area contributed by atoms with Crippen LogP contribution >= 0.6 is 15.9 Å². The van der Waals surface area contributed by atoms with E-state index >= 15 is 0 Å². The first-order chi connectivity index (χ1) is 8.29. The number of rotatable bonds is 2. The molecule has 6 heteroatoms. The lowest BCUT2D eigenvalue weighted by atomic mass is 10.1. The average molecular weight is 329 g/mol. The summed E-state index contributed by atoms with van der Waals surface area (Å²) >= 11 is 3.34. The fraction of sp³-hybridized carbons (Fsp3) is 0.250. The van der Waals surface area contributed by atoms with Crippen molar-refractivity contribution in [1.82, 2.24) is 9.78 Å². The summed E-state index contributed by atoms with van der Waals surface area (Å²) in [5, 5.41) is 4.17. The summed E-state index contributed by atoms with van der Waals surface area (Å²) in [5.41, 5.74) is 2.77. The van der Waals surface area contributed by atoms with Gasteiger partial charge in [0.1, 0.15) is 0 Å². The normalized spacial score (nSPS) is 11.8. The Morgan fingerprint density at radius 2 is 1.94 bits per heavy atom. The summed E-state index contributed by atoms with van der Waals surface area (Å²) in [5.74, 6) is 0. The maximum atomic E-state index is 11.6. The van der Waals surface area contributed by atoms with E-state index in [1.165, 1.54) is 6.26 Å². The molecule has 0 atom stereocenters. The van der Waals surface area contributed by atoms with Crippen LogP contribution < -0.4 is 0 Å². The van der Waals surface area contributed by atoms with Crippen molar-refractivity contribution >= 4 is 25.8 Å². The summed E-state index contributed by atoms with van der Waals surface area (Å²) in [6.45, 7) is 1.95. The number of hydrogen-bond acceptors (Lipinski definition) is 3. The standard InChI is InChI=1S/C12H13BrN2O2S/c1-8-12(7-14-15(8)2)9-4-10(13)6-11(5-9)18(3,16)17/h4-7H,1-3H3. The third-order valence-electron chi connectivity index (χ3n) is 2.85. The van der Waals surface area contributed by atoms with Gasteiger partial charge in [-0.1, -0.05) is 15.9 Å². The Balaban J connectivity index is 2.66. The molecule has 0 amide bonds. The second-order valence-corrected chi connectivity index (χ2v) is 7.15. The molecule has 0 aliphatic heterocycles. The van der Waals surface area contributed by atoms with Crippen LogP contribution in [0.4, 0.5) is 0 Å². The highest BCUT2D eigenvalue weighted by molar-refractivity contribution is 9.10. The van der Waals surface area contributed by atoms with Crippen molar-refractivity contribution in [1.29, 1.82) is 0 Å². The van der Waals surface area contributed by atoms with Crippen LogP contribution in [0.5, 0.6) is 0 Å². The maximum absolute atomic E-state index is 11.6.